The van der Waals surface area contributed by atoms with Crippen molar-refractivity contribution in [2.24, 2.45) is 5.73 Å². The fraction of sp³-hybridized carbons (Fsp3) is 0.467. The molecule has 1 aromatic carbocycles. The van der Waals surface area contributed by atoms with E-state index in [1.165, 1.54) is 5.56 Å². The first-order valence-electron chi connectivity index (χ1n) is 6.35. The molecule has 0 aromatic heterocycles. The molecule has 1 heterocycles. The maximum Gasteiger partial charge on any atom is 0.0710 e. The summed E-state index contributed by atoms with van der Waals surface area (Å²) in [6.45, 7) is 3.55. The topological polar surface area (TPSA) is 38.5 Å². The Morgan fingerprint density at radius 3 is 2.78 bits per heavy atom. The van der Waals surface area contributed by atoms with Gasteiger partial charge in [0.15, 0.2) is 0 Å². The lowest BCUT2D eigenvalue weighted by Crippen LogP contribution is -2.22. The molecule has 1 atom stereocenters. The minimum atomic E-state index is 0.402. The minimum Gasteiger partial charge on any atom is -0.380 e. The van der Waals surface area contributed by atoms with Gasteiger partial charge in [0.05, 0.1) is 12.6 Å². The van der Waals surface area contributed by atoms with Gasteiger partial charge in [-0.3, -0.25) is 4.90 Å². The molecule has 96 valence electrons. The number of ether oxygens (including phenoxy) is 1. The zero-order valence-electron chi connectivity index (χ0n) is 10.9. The highest BCUT2D eigenvalue weighted by Crippen LogP contribution is 2.15. The molecule has 0 spiro atoms. The monoisotopic (exact) mass is 244 g/mol. The molecular formula is C15H20N2O. The lowest BCUT2D eigenvalue weighted by molar-refractivity contribution is 0.107. The van der Waals surface area contributed by atoms with E-state index in [9.17, 15) is 0 Å². The van der Waals surface area contributed by atoms with Gasteiger partial charge >= 0.3 is 0 Å². The van der Waals surface area contributed by atoms with Crippen molar-refractivity contribution in [3.05, 3.63) is 35.4 Å². The zero-order valence-corrected chi connectivity index (χ0v) is 10.9. The first kappa shape index (κ1) is 13.1. The van der Waals surface area contributed by atoms with Crippen LogP contribution in [0.15, 0.2) is 24.3 Å². The van der Waals surface area contributed by atoms with Crippen LogP contribution >= 0.6 is 0 Å². The van der Waals surface area contributed by atoms with Gasteiger partial charge in [-0.25, -0.2) is 0 Å². The van der Waals surface area contributed by atoms with Gasteiger partial charge in [0.25, 0.3) is 0 Å². The Morgan fingerprint density at radius 2 is 2.17 bits per heavy atom. The molecular weight excluding hydrogens is 224 g/mol. The molecule has 1 aliphatic heterocycles. The molecule has 0 bridgehead atoms. The molecule has 2 N–H and O–H groups in total. The maximum atomic E-state index is 5.37. The van der Waals surface area contributed by atoms with Gasteiger partial charge in [-0.2, -0.15) is 0 Å². The van der Waals surface area contributed by atoms with Gasteiger partial charge in [-0.15, -0.1) is 0 Å². The highest BCUT2D eigenvalue weighted by Gasteiger charge is 2.21. The van der Waals surface area contributed by atoms with E-state index in [0.29, 0.717) is 12.6 Å². The molecule has 18 heavy (non-hydrogen) atoms. The van der Waals surface area contributed by atoms with Crippen LogP contribution < -0.4 is 5.73 Å². The Hall–Kier alpha value is -1.34. The molecule has 0 radical (unpaired) electrons. The van der Waals surface area contributed by atoms with Crippen molar-refractivity contribution in [3.8, 4) is 11.8 Å². The van der Waals surface area contributed by atoms with Gasteiger partial charge in [0.1, 0.15) is 0 Å². The van der Waals surface area contributed by atoms with E-state index in [2.05, 4.69) is 41.0 Å². The highest BCUT2D eigenvalue weighted by atomic mass is 16.5. The fourth-order valence-electron chi connectivity index (χ4n) is 2.24. The van der Waals surface area contributed by atoms with E-state index >= 15 is 0 Å². The average molecular weight is 244 g/mol. The Bertz CT molecular complexity index is 430. The lowest BCUT2D eigenvalue weighted by atomic mass is 10.1. The number of nitrogens with two attached hydrogens (primary N) is 1. The minimum absolute atomic E-state index is 0.402. The van der Waals surface area contributed by atoms with Gasteiger partial charge < -0.3 is 10.5 Å². The summed E-state index contributed by atoms with van der Waals surface area (Å²) < 4.78 is 5.37. The second-order valence-corrected chi connectivity index (χ2v) is 4.58. The largest absolute Gasteiger partial charge is 0.380 e. The van der Waals surface area contributed by atoms with Gasteiger partial charge in [-0.1, -0.05) is 24.0 Å². The van der Waals surface area contributed by atoms with Crippen molar-refractivity contribution in [1.82, 2.24) is 4.90 Å². The highest BCUT2D eigenvalue weighted by molar-refractivity contribution is 5.36. The van der Waals surface area contributed by atoms with Crippen LogP contribution in [0.2, 0.25) is 0 Å². The smallest absolute Gasteiger partial charge is 0.0710 e. The average Bonchev–Trinajstić information content (AvgIpc) is 2.86. The fourth-order valence-corrected chi connectivity index (χ4v) is 2.24. The molecule has 3 heteroatoms. The number of nitrogens with zero attached hydrogens (tertiary/aromatic N) is 1. The summed E-state index contributed by atoms with van der Waals surface area (Å²) in [5, 5.41) is 0. The summed E-state index contributed by atoms with van der Waals surface area (Å²) in [4.78, 5) is 2.43. The van der Waals surface area contributed by atoms with Crippen LogP contribution in [0.3, 0.4) is 0 Å². The quantitative estimate of drug-likeness (QED) is 0.812. The molecule has 1 unspecified atom stereocenters. The standard InChI is InChI=1S/C15H20N2O/c1-18-15-8-10-17(12-15)11-14-6-4-13(5-7-14)3-2-9-16/h4-7,15H,8-12,16H2,1H3. The van der Waals surface area contributed by atoms with Crippen LogP contribution in [0.25, 0.3) is 0 Å². The normalized spacial score (nSPS) is 19.6. The summed E-state index contributed by atoms with van der Waals surface area (Å²) in [6, 6.07) is 8.39. The number of hydrogen-bond acceptors (Lipinski definition) is 3. The summed E-state index contributed by atoms with van der Waals surface area (Å²) in [7, 11) is 1.79. The number of likely N-dealkylation sites (tertiary alicyclic amines) is 1. The van der Waals surface area contributed by atoms with Crippen molar-refractivity contribution < 1.29 is 4.74 Å². The van der Waals surface area contributed by atoms with Crippen LogP contribution in [0, 0.1) is 11.8 Å². The van der Waals surface area contributed by atoms with Crippen molar-refractivity contribution >= 4 is 0 Å². The summed E-state index contributed by atoms with van der Waals surface area (Å²) in [5.41, 5.74) is 7.70. The van der Waals surface area contributed by atoms with Gasteiger partial charge in [0, 0.05) is 32.3 Å². The van der Waals surface area contributed by atoms with Gasteiger partial charge in [-0.05, 0) is 24.1 Å². The maximum absolute atomic E-state index is 5.37. The van der Waals surface area contributed by atoms with Crippen molar-refractivity contribution in [2.75, 3.05) is 26.7 Å². The van der Waals surface area contributed by atoms with Crippen molar-refractivity contribution in [1.29, 1.82) is 0 Å². The molecule has 1 aliphatic rings. The van der Waals surface area contributed by atoms with Crippen LogP contribution in [0.4, 0.5) is 0 Å². The molecule has 1 fully saturated rings. The number of rotatable bonds is 3. The van der Waals surface area contributed by atoms with E-state index < -0.39 is 0 Å². The third-order valence-corrected chi connectivity index (χ3v) is 3.26. The predicted octanol–water partition coefficient (Wildman–Crippen LogP) is 1.22. The van der Waals surface area contributed by atoms with Crippen LogP contribution in [-0.4, -0.2) is 37.7 Å². The van der Waals surface area contributed by atoms with Gasteiger partial charge in [0.2, 0.25) is 0 Å². The summed E-state index contributed by atoms with van der Waals surface area (Å²) in [5.74, 6) is 5.89. The zero-order chi connectivity index (χ0) is 12.8. The first-order valence-corrected chi connectivity index (χ1v) is 6.35. The molecule has 2 rings (SSSR count). The van der Waals surface area contributed by atoms with Crippen molar-refractivity contribution in [2.45, 2.75) is 19.1 Å². The second kappa shape index (κ2) is 6.55. The second-order valence-electron chi connectivity index (χ2n) is 4.58. The molecule has 0 saturated carbocycles. The Labute approximate surface area is 109 Å². The van der Waals surface area contributed by atoms with E-state index in [1.807, 2.05) is 0 Å². The first-order chi connectivity index (χ1) is 8.81. The SMILES string of the molecule is COC1CCN(Cc2ccc(C#CCN)cc2)C1. The third kappa shape index (κ3) is 3.58. The molecule has 0 aliphatic carbocycles. The lowest BCUT2D eigenvalue weighted by Gasteiger charge is -2.15. The van der Waals surface area contributed by atoms with Crippen LogP contribution in [-0.2, 0) is 11.3 Å². The van der Waals surface area contributed by atoms with Crippen LogP contribution in [0.1, 0.15) is 17.5 Å². The van der Waals surface area contributed by atoms with E-state index in [1.54, 1.807) is 7.11 Å². The Kier molecular flexibility index (Phi) is 4.77. The summed E-state index contributed by atoms with van der Waals surface area (Å²) >= 11 is 0. The number of hydrogen-bond donors (Lipinski definition) is 1. The number of methoxy groups -OCH3 is 1. The number of benzene rings is 1. The predicted molar refractivity (Wildman–Crippen MR) is 73.1 cm³/mol. The van der Waals surface area contributed by atoms with Crippen LogP contribution in [0.5, 0.6) is 0 Å². The van der Waals surface area contributed by atoms with Crippen molar-refractivity contribution in [3.63, 3.8) is 0 Å². The van der Waals surface area contributed by atoms with E-state index in [-0.39, 0.29) is 0 Å². The third-order valence-electron chi connectivity index (χ3n) is 3.26. The molecule has 1 saturated heterocycles. The Morgan fingerprint density at radius 1 is 1.39 bits per heavy atom. The summed E-state index contributed by atoms with van der Waals surface area (Å²) in [6.07, 6.45) is 1.54. The Balaban J connectivity index is 1.90. The molecule has 3 nitrogen and oxygen atoms in total. The molecule has 1 aromatic rings. The molecule has 0 amide bonds. The van der Waals surface area contributed by atoms with E-state index in [4.69, 9.17) is 10.5 Å². The van der Waals surface area contributed by atoms with E-state index in [0.717, 1.165) is 31.6 Å².